The molecule has 1 fully saturated rings. The van der Waals surface area contributed by atoms with E-state index in [9.17, 15) is 4.39 Å². The van der Waals surface area contributed by atoms with Crippen molar-refractivity contribution in [3.05, 3.63) is 76.6 Å². The average molecular weight is 468 g/mol. The molecule has 0 bridgehead atoms. The smallest absolute Gasteiger partial charge is 0.253 e. The molecule has 33 heavy (non-hydrogen) atoms. The summed E-state index contributed by atoms with van der Waals surface area (Å²) in [6, 6.07) is 14.6. The van der Waals surface area contributed by atoms with Crippen molar-refractivity contribution in [2.45, 2.75) is 20.0 Å². The molecule has 4 aromatic rings. The molecular weight excluding hydrogens is 445 g/mol. The van der Waals surface area contributed by atoms with Gasteiger partial charge in [-0.3, -0.25) is 9.80 Å². The number of piperazine rings is 1. The molecule has 7 nitrogen and oxygen atoms in total. The van der Waals surface area contributed by atoms with Gasteiger partial charge in [0.15, 0.2) is 0 Å². The van der Waals surface area contributed by atoms with Crippen molar-refractivity contribution in [2.24, 2.45) is 0 Å². The van der Waals surface area contributed by atoms with Crippen LogP contribution >= 0.6 is 11.6 Å². The fourth-order valence-corrected chi connectivity index (χ4v) is 4.26. The quantitative estimate of drug-likeness (QED) is 0.403. The Morgan fingerprint density at radius 2 is 1.67 bits per heavy atom. The zero-order chi connectivity index (χ0) is 22.8. The summed E-state index contributed by atoms with van der Waals surface area (Å²) >= 11 is 6.17. The Morgan fingerprint density at radius 1 is 0.939 bits per heavy atom. The summed E-state index contributed by atoms with van der Waals surface area (Å²) in [6.45, 7) is 6.10. The van der Waals surface area contributed by atoms with Crippen molar-refractivity contribution in [1.29, 1.82) is 0 Å². The molecule has 0 N–H and O–H groups in total. The zero-order valence-corrected chi connectivity index (χ0v) is 18.9. The maximum absolute atomic E-state index is 14.1. The predicted molar refractivity (Wildman–Crippen MR) is 122 cm³/mol. The molecule has 170 valence electrons. The first kappa shape index (κ1) is 21.8. The molecule has 1 aliphatic rings. The van der Waals surface area contributed by atoms with Crippen LogP contribution in [0.2, 0.25) is 5.02 Å². The maximum atomic E-state index is 14.1. The molecule has 0 spiro atoms. The Morgan fingerprint density at radius 3 is 2.39 bits per heavy atom. The van der Waals surface area contributed by atoms with Gasteiger partial charge >= 0.3 is 0 Å². The SMILES string of the molecule is Cc1onc(-c2ccccc2)c1-c1nnc(CN2CCN(Cc3c(F)cccc3Cl)CC2)o1. The van der Waals surface area contributed by atoms with Gasteiger partial charge in [-0.1, -0.05) is 53.2 Å². The fourth-order valence-electron chi connectivity index (χ4n) is 4.04. The lowest BCUT2D eigenvalue weighted by atomic mass is 10.1. The van der Waals surface area contributed by atoms with E-state index >= 15 is 0 Å². The second kappa shape index (κ2) is 9.43. The molecule has 0 saturated carbocycles. The number of hydrogen-bond acceptors (Lipinski definition) is 7. The number of nitrogens with zero attached hydrogens (tertiary/aromatic N) is 5. The molecule has 1 aliphatic heterocycles. The van der Waals surface area contributed by atoms with Crippen molar-refractivity contribution in [3.63, 3.8) is 0 Å². The van der Waals surface area contributed by atoms with Crippen LogP contribution in [-0.4, -0.2) is 51.3 Å². The minimum Gasteiger partial charge on any atom is -0.419 e. The number of hydrogen-bond donors (Lipinski definition) is 0. The van der Waals surface area contributed by atoms with Crippen LogP contribution in [-0.2, 0) is 13.1 Å². The highest BCUT2D eigenvalue weighted by Gasteiger charge is 2.24. The Bertz CT molecular complexity index is 1210. The van der Waals surface area contributed by atoms with Crippen LogP contribution in [0.25, 0.3) is 22.7 Å². The average Bonchev–Trinajstić information content (AvgIpc) is 3.44. The van der Waals surface area contributed by atoms with Crippen molar-refractivity contribution < 1.29 is 13.3 Å². The van der Waals surface area contributed by atoms with E-state index in [-0.39, 0.29) is 5.82 Å². The maximum Gasteiger partial charge on any atom is 0.253 e. The third-order valence-electron chi connectivity index (χ3n) is 5.86. The number of halogens is 2. The highest BCUT2D eigenvalue weighted by molar-refractivity contribution is 6.31. The lowest BCUT2D eigenvalue weighted by Crippen LogP contribution is -2.45. The van der Waals surface area contributed by atoms with Crippen LogP contribution in [0, 0.1) is 12.7 Å². The second-order valence-electron chi connectivity index (χ2n) is 8.08. The van der Waals surface area contributed by atoms with Gasteiger partial charge < -0.3 is 8.94 Å². The van der Waals surface area contributed by atoms with Crippen molar-refractivity contribution in [1.82, 2.24) is 25.2 Å². The first-order valence-corrected chi connectivity index (χ1v) is 11.2. The van der Waals surface area contributed by atoms with E-state index in [1.54, 1.807) is 12.1 Å². The van der Waals surface area contributed by atoms with E-state index in [2.05, 4.69) is 25.2 Å². The summed E-state index contributed by atoms with van der Waals surface area (Å²) in [5.41, 5.74) is 2.87. The summed E-state index contributed by atoms with van der Waals surface area (Å²) in [5, 5.41) is 13.1. The van der Waals surface area contributed by atoms with Gasteiger partial charge in [0.2, 0.25) is 5.89 Å². The standard InChI is InChI=1S/C24H23ClFN5O2/c1-16-22(23(29-33-16)17-6-3-2-4-7-17)24-28-27-21(32-24)15-31-12-10-30(11-13-31)14-18-19(25)8-5-9-20(18)26/h2-9H,10-15H2,1H3. The molecule has 0 radical (unpaired) electrons. The van der Waals surface area contributed by atoms with Gasteiger partial charge in [-0.15, -0.1) is 10.2 Å². The summed E-state index contributed by atoms with van der Waals surface area (Å²) in [5.74, 6) is 1.30. The molecule has 0 unspecified atom stereocenters. The van der Waals surface area contributed by atoms with Crippen LogP contribution < -0.4 is 0 Å². The van der Waals surface area contributed by atoms with E-state index in [4.69, 9.17) is 20.5 Å². The summed E-state index contributed by atoms with van der Waals surface area (Å²) < 4.78 is 25.5. The molecule has 0 aliphatic carbocycles. The van der Waals surface area contributed by atoms with Gasteiger partial charge in [-0.2, -0.15) is 0 Å². The van der Waals surface area contributed by atoms with E-state index in [0.29, 0.717) is 52.5 Å². The second-order valence-corrected chi connectivity index (χ2v) is 8.49. The van der Waals surface area contributed by atoms with Gasteiger partial charge in [0, 0.05) is 48.9 Å². The third-order valence-corrected chi connectivity index (χ3v) is 6.21. The molecule has 3 heterocycles. The lowest BCUT2D eigenvalue weighted by molar-refractivity contribution is 0.114. The van der Waals surface area contributed by atoms with Crippen LogP contribution in [0.15, 0.2) is 57.5 Å². The van der Waals surface area contributed by atoms with Gasteiger partial charge in [0.1, 0.15) is 22.8 Å². The van der Waals surface area contributed by atoms with E-state index in [0.717, 1.165) is 31.7 Å². The number of rotatable bonds is 6. The van der Waals surface area contributed by atoms with Gasteiger partial charge in [0.25, 0.3) is 5.89 Å². The van der Waals surface area contributed by atoms with Crippen LogP contribution in [0.4, 0.5) is 4.39 Å². The Hall–Kier alpha value is -3.07. The first-order valence-electron chi connectivity index (χ1n) is 10.8. The Labute approximate surface area is 195 Å². The fraction of sp³-hybridized carbons (Fsp3) is 0.292. The molecule has 9 heteroatoms. The summed E-state index contributed by atoms with van der Waals surface area (Å²) in [4.78, 5) is 4.45. The first-order chi connectivity index (χ1) is 16.1. The molecule has 1 saturated heterocycles. The highest BCUT2D eigenvalue weighted by Crippen LogP contribution is 2.33. The zero-order valence-electron chi connectivity index (χ0n) is 18.2. The molecule has 0 amide bonds. The topological polar surface area (TPSA) is 71.4 Å². The van der Waals surface area contributed by atoms with Crippen LogP contribution in [0.1, 0.15) is 17.2 Å². The van der Waals surface area contributed by atoms with E-state index < -0.39 is 0 Å². The van der Waals surface area contributed by atoms with Crippen LogP contribution in [0.3, 0.4) is 0 Å². The largest absolute Gasteiger partial charge is 0.419 e. The number of benzene rings is 2. The van der Waals surface area contributed by atoms with Gasteiger partial charge in [-0.25, -0.2) is 4.39 Å². The molecule has 5 rings (SSSR count). The molecule has 2 aromatic heterocycles. The Kier molecular flexibility index (Phi) is 6.22. The van der Waals surface area contributed by atoms with Crippen molar-refractivity contribution in [3.8, 4) is 22.7 Å². The predicted octanol–water partition coefficient (Wildman–Crippen LogP) is 4.81. The normalized spacial score (nSPS) is 15.2. The van der Waals surface area contributed by atoms with Crippen molar-refractivity contribution in [2.75, 3.05) is 26.2 Å². The molecule has 0 atom stereocenters. The van der Waals surface area contributed by atoms with E-state index in [1.807, 2.05) is 37.3 Å². The number of aryl methyl sites for hydroxylation is 1. The number of aromatic nitrogens is 3. The summed E-state index contributed by atoms with van der Waals surface area (Å²) in [6.07, 6.45) is 0. The van der Waals surface area contributed by atoms with Gasteiger partial charge in [0.05, 0.1) is 6.54 Å². The minimum atomic E-state index is -0.262. The Balaban J connectivity index is 1.23. The third kappa shape index (κ3) is 4.68. The minimum absolute atomic E-state index is 0.262. The van der Waals surface area contributed by atoms with Crippen LogP contribution in [0.5, 0.6) is 0 Å². The van der Waals surface area contributed by atoms with E-state index in [1.165, 1.54) is 6.07 Å². The highest BCUT2D eigenvalue weighted by atomic mass is 35.5. The molecular formula is C24H23ClFN5O2. The van der Waals surface area contributed by atoms with Crippen molar-refractivity contribution >= 4 is 11.6 Å². The van der Waals surface area contributed by atoms with Gasteiger partial charge in [-0.05, 0) is 19.1 Å². The summed E-state index contributed by atoms with van der Waals surface area (Å²) in [7, 11) is 0. The monoisotopic (exact) mass is 467 g/mol. The molecule has 2 aromatic carbocycles. The lowest BCUT2D eigenvalue weighted by Gasteiger charge is -2.34.